The number of para-hydroxylation sites is 1. The van der Waals surface area contributed by atoms with E-state index in [0.717, 1.165) is 16.2 Å². The number of benzene rings is 1. The van der Waals surface area contributed by atoms with Crippen molar-refractivity contribution < 1.29 is 14.5 Å². The van der Waals surface area contributed by atoms with Crippen molar-refractivity contribution in [3.63, 3.8) is 0 Å². The van der Waals surface area contributed by atoms with Gasteiger partial charge in [0.2, 0.25) is 0 Å². The van der Waals surface area contributed by atoms with Crippen LogP contribution < -0.4 is 10.2 Å². The average Bonchev–Trinajstić information content (AvgIpc) is 2.48. The van der Waals surface area contributed by atoms with Crippen molar-refractivity contribution >= 4 is 17.5 Å². The molecule has 0 aliphatic carbocycles. The van der Waals surface area contributed by atoms with E-state index in [1.807, 2.05) is 45.2 Å². The average molecular weight is 320 g/mol. The second kappa shape index (κ2) is 9.30. The largest absolute Gasteiger partial charge is 0.338 e. The smallest absolute Gasteiger partial charge is 0.279 e. The normalized spacial score (nSPS) is 12.1. The van der Waals surface area contributed by atoms with Crippen molar-refractivity contribution in [2.45, 2.75) is 33.6 Å². The third kappa shape index (κ3) is 6.02. The topological polar surface area (TPSA) is 53.9 Å². The predicted octanol–water partition coefficient (Wildman–Crippen LogP) is 1.13. The fourth-order valence-electron chi connectivity index (χ4n) is 2.59. The number of hydrogen-bond donors (Lipinski definition) is 2. The van der Waals surface area contributed by atoms with Crippen LogP contribution >= 0.6 is 0 Å². The predicted molar refractivity (Wildman–Crippen MR) is 93.7 cm³/mol. The second-order valence-electron chi connectivity index (χ2n) is 6.17. The molecule has 0 spiro atoms. The summed E-state index contributed by atoms with van der Waals surface area (Å²) in [6.45, 7) is 10.2. The fourth-order valence-corrected chi connectivity index (χ4v) is 2.59. The number of amides is 2. The molecule has 1 atom stereocenters. The minimum Gasteiger partial charge on any atom is -0.338 e. The van der Waals surface area contributed by atoms with Gasteiger partial charge in [-0.15, -0.1) is 0 Å². The van der Waals surface area contributed by atoms with Crippen LogP contribution in [0.3, 0.4) is 0 Å². The molecule has 0 heterocycles. The summed E-state index contributed by atoms with van der Waals surface area (Å²) >= 11 is 0. The zero-order chi connectivity index (χ0) is 17.4. The number of carbonyl (C=O) groups excluding carboxylic acids is 2. The van der Waals surface area contributed by atoms with E-state index >= 15 is 0 Å². The number of nitrogens with zero attached hydrogens (tertiary/aromatic N) is 1. The number of nitrogens with one attached hydrogen (secondary N) is 2. The summed E-state index contributed by atoms with van der Waals surface area (Å²) in [5.41, 5.74) is 1.98. The van der Waals surface area contributed by atoms with Gasteiger partial charge in [-0.2, -0.15) is 0 Å². The second-order valence-corrected chi connectivity index (χ2v) is 6.17. The van der Waals surface area contributed by atoms with Gasteiger partial charge in [-0.25, -0.2) is 0 Å². The minimum absolute atomic E-state index is 0.0667. The molecule has 5 heteroatoms. The highest BCUT2D eigenvalue weighted by molar-refractivity contribution is 5.92. The lowest BCUT2D eigenvalue weighted by atomic mass is 10.0. The van der Waals surface area contributed by atoms with Crippen LogP contribution in [0.2, 0.25) is 0 Å². The lowest BCUT2D eigenvalue weighted by molar-refractivity contribution is -0.862. The zero-order valence-electron chi connectivity index (χ0n) is 15.0. The molecule has 23 heavy (non-hydrogen) atoms. The van der Waals surface area contributed by atoms with Gasteiger partial charge in [-0.1, -0.05) is 32.0 Å². The highest BCUT2D eigenvalue weighted by Crippen LogP contribution is 2.23. The van der Waals surface area contributed by atoms with Crippen LogP contribution in [-0.4, -0.2) is 49.9 Å². The van der Waals surface area contributed by atoms with Crippen LogP contribution in [0.5, 0.6) is 0 Å². The zero-order valence-corrected chi connectivity index (χ0v) is 15.0. The highest BCUT2D eigenvalue weighted by atomic mass is 16.2. The van der Waals surface area contributed by atoms with Crippen LogP contribution in [0.25, 0.3) is 0 Å². The van der Waals surface area contributed by atoms with Crippen molar-refractivity contribution in [1.82, 2.24) is 4.90 Å². The third-order valence-corrected chi connectivity index (χ3v) is 3.89. The summed E-state index contributed by atoms with van der Waals surface area (Å²) in [5.74, 6) is 0.367. The van der Waals surface area contributed by atoms with E-state index < -0.39 is 0 Å². The van der Waals surface area contributed by atoms with Crippen LogP contribution in [0.4, 0.5) is 5.69 Å². The van der Waals surface area contributed by atoms with Crippen LogP contribution in [-0.2, 0) is 9.59 Å². The van der Waals surface area contributed by atoms with Gasteiger partial charge in [-0.3, -0.25) is 9.59 Å². The van der Waals surface area contributed by atoms with E-state index in [-0.39, 0.29) is 18.4 Å². The molecule has 0 aliphatic rings. The van der Waals surface area contributed by atoms with Gasteiger partial charge < -0.3 is 15.1 Å². The molecule has 1 rings (SSSR count). The number of likely N-dealkylation sites (N-methyl/N-ethyl adjacent to an activating group) is 2. The quantitative estimate of drug-likeness (QED) is 0.754. The van der Waals surface area contributed by atoms with Gasteiger partial charge in [0.15, 0.2) is 13.1 Å². The first-order valence-electron chi connectivity index (χ1n) is 8.36. The molecule has 0 saturated carbocycles. The Labute approximate surface area is 139 Å². The third-order valence-electron chi connectivity index (χ3n) is 3.89. The fraction of sp³-hybridized carbons (Fsp3) is 0.556. The minimum atomic E-state index is -0.0667. The molecule has 1 unspecified atom stereocenters. The molecule has 2 N–H and O–H groups in total. The first-order valence-corrected chi connectivity index (χ1v) is 8.36. The molecule has 0 aromatic heterocycles. The van der Waals surface area contributed by atoms with Crippen molar-refractivity contribution in [2.24, 2.45) is 0 Å². The van der Waals surface area contributed by atoms with Gasteiger partial charge in [0.1, 0.15) is 0 Å². The lowest BCUT2D eigenvalue weighted by Crippen LogP contribution is -3.11. The molecule has 0 saturated heterocycles. The molecule has 0 bridgehead atoms. The summed E-state index contributed by atoms with van der Waals surface area (Å²) in [4.78, 5) is 27.0. The Kier molecular flexibility index (Phi) is 7.75. The molecule has 2 amide bonds. The molecule has 0 fully saturated rings. The highest BCUT2D eigenvalue weighted by Gasteiger charge is 2.18. The maximum atomic E-state index is 12.2. The molecule has 0 radical (unpaired) electrons. The Hall–Kier alpha value is -1.88. The SMILES string of the molecule is CCN(CC)C(=O)C[NH+](C)CC(=O)Nc1ccccc1C(C)C. The van der Waals surface area contributed by atoms with Gasteiger partial charge in [0.05, 0.1) is 7.05 Å². The van der Waals surface area contributed by atoms with Crippen molar-refractivity contribution in [2.75, 3.05) is 38.5 Å². The molecule has 128 valence electrons. The molecule has 0 aliphatic heterocycles. The Balaban J connectivity index is 2.58. The lowest BCUT2D eigenvalue weighted by Gasteiger charge is -2.21. The van der Waals surface area contributed by atoms with Gasteiger partial charge in [0, 0.05) is 18.8 Å². The summed E-state index contributed by atoms with van der Waals surface area (Å²) in [5, 5.41) is 2.97. The molecule has 1 aromatic carbocycles. The van der Waals surface area contributed by atoms with Gasteiger partial charge in [-0.05, 0) is 31.4 Å². The Morgan fingerprint density at radius 1 is 1.13 bits per heavy atom. The maximum absolute atomic E-state index is 12.2. The van der Waals surface area contributed by atoms with E-state index in [4.69, 9.17) is 0 Å². The number of carbonyl (C=O) groups is 2. The Bertz CT molecular complexity index is 525. The molecule has 1 aromatic rings. The van der Waals surface area contributed by atoms with Crippen molar-refractivity contribution in [1.29, 1.82) is 0 Å². The first kappa shape index (κ1) is 19.2. The number of quaternary nitrogens is 1. The van der Waals surface area contributed by atoms with Crippen LogP contribution in [0.15, 0.2) is 24.3 Å². The molecule has 5 nitrogen and oxygen atoms in total. The van der Waals surface area contributed by atoms with E-state index in [1.54, 1.807) is 4.90 Å². The van der Waals surface area contributed by atoms with E-state index in [1.165, 1.54) is 0 Å². The number of anilines is 1. The monoisotopic (exact) mass is 320 g/mol. The van der Waals surface area contributed by atoms with E-state index in [9.17, 15) is 9.59 Å². The van der Waals surface area contributed by atoms with Gasteiger partial charge in [0.25, 0.3) is 11.8 Å². The van der Waals surface area contributed by atoms with Crippen LogP contribution in [0.1, 0.15) is 39.2 Å². The summed E-state index contributed by atoms with van der Waals surface area (Å²) < 4.78 is 0. The first-order chi connectivity index (χ1) is 10.9. The summed E-state index contributed by atoms with van der Waals surface area (Å²) in [6, 6.07) is 7.84. The summed E-state index contributed by atoms with van der Waals surface area (Å²) in [7, 11) is 1.87. The van der Waals surface area contributed by atoms with E-state index in [2.05, 4.69) is 19.2 Å². The molecular formula is C18H30N3O2+. The maximum Gasteiger partial charge on any atom is 0.279 e. The standard InChI is InChI=1S/C18H29N3O2/c1-6-21(7-2)18(23)13-20(5)12-17(22)19-16-11-9-8-10-15(16)14(3)4/h8-11,14H,6-7,12-13H2,1-5H3,(H,19,22)/p+1. The molecular weight excluding hydrogens is 290 g/mol. The van der Waals surface area contributed by atoms with Crippen molar-refractivity contribution in [3.8, 4) is 0 Å². The van der Waals surface area contributed by atoms with Crippen molar-refractivity contribution in [3.05, 3.63) is 29.8 Å². The Morgan fingerprint density at radius 3 is 2.30 bits per heavy atom. The van der Waals surface area contributed by atoms with E-state index in [0.29, 0.717) is 25.6 Å². The summed E-state index contributed by atoms with van der Waals surface area (Å²) in [6.07, 6.45) is 0. The van der Waals surface area contributed by atoms with Gasteiger partial charge >= 0.3 is 0 Å². The number of hydrogen-bond acceptors (Lipinski definition) is 2. The van der Waals surface area contributed by atoms with Crippen LogP contribution in [0, 0.1) is 0 Å². The number of rotatable bonds is 8. The Morgan fingerprint density at radius 2 is 1.74 bits per heavy atom.